The van der Waals surface area contributed by atoms with Crippen LogP contribution in [0.5, 0.6) is 0 Å². The van der Waals surface area contributed by atoms with Crippen molar-refractivity contribution in [1.82, 2.24) is 4.90 Å². The van der Waals surface area contributed by atoms with Gasteiger partial charge in [-0.25, -0.2) is 4.79 Å². The van der Waals surface area contributed by atoms with Crippen LogP contribution in [0.1, 0.15) is 40.4 Å². The van der Waals surface area contributed by atoms with Crippen LogP contribution in [0, 0.1) is 0 Å². The average molecular weight is 424 g/mol. The summed E-state index contributed by atoms with van der Waals surface area (Å²) in [5.74, 6) is -1.35. The van der Waals surface area contributed by atoms with Gasteiger partial charge in [0.2, 0.25) is 0 Å². The van der Waals surface area contributed by atoms with E-state index >= 15 is 0 Å². The lowest BCUT2D eigenvalue weighted by Crippen LogP contribution is -2.42. The zero-order valence-electron chi connectivity index (χ0n) is 13.9. The quantitative estimate of drug-likeness (QED) is 0.703. The van der Waals surface area contributed by atoms with Crippen LogP contribution in [0.2, 0.25) is 0 Å². The van der Waals surface area contributed by atoms with Gasteiger partial charge in [-0.3, -0.25) is 4.90 Å². The molecule has 140 valence electrons. The Morgan fingerprint density at radius 3 is 2.72 bits per heavy atom. The molecule has 1 aliphatic rings. The van der Waals surface area contributed by atoms with E-state index in [0.29, 0.717) is 25.1 Å². The highest BCUT2D eigenvalue weighted by molar-refractivity contribution is 9.08. The Kier molecular flexibility index (Phi) is 6.87. The third kappa shape index (κ3) is 5.18. The van der Waals surface area contributed by atoms with Gasteiger partial charge in [0, 0.05) is 25.0 Å². The number of benzene rings is 1. The minimum absolute atomic E-state index is 0.143. The molecule has 1 saturated heterocycles. The maximum atomic E-state index is 13.3. The number of carbonyl (C=O) groups is 1. The molecular weight excluding hydrogens is 403 g/mol. The van der Waals surface area contributed by atoms with Crippen molar-refractivity contribution in [2.45, 2.75) is 37.4 Å². The van der Waals surface area contributed by atoms with E-state index in [2.05, 4.69) is 20.8 Å². The SMILES string of the molecule is CCC1CN(CCc2cc(C(=O)O)c(CBr)c(C(F)(F)F)c2)CCO1. The van der Waals surface area contributed by atoms with Crippen molar-refractivity contribution < 1.29 is 27.8 Å². The molecule has 0 aromatic heterocycles. The Bertz CT molecular complexity index is 622. The first-order valence-corrected chi connectivity index (χ1v) is 9.24. The molecule has 0 saturated carbocycles. The van der Waals surface area contributed by atoms with Crippen LogP contribution in [-0.2, 0) is 22.7 Å². The van der Waals surface area contributed by atoms with Gasteiger partial charge in [-0.15, -0.1) is 0 Å². The van der Waals surface area contributed by atoms with Gasteiger partial charge in [-0.2, -0.15) is 13.2 Å². The molecule has 8 heteroatoms. The Balaban J connectivity index is 2.23. The molecule has 1 unspecified atom stereocenters. The molecule has 2 rings (SSSR count). The third-order valence-electron chi connectivity index (χ3n) is 4.37. The van der Waals surface area contributed by atoms with Gasteiger partial charge in [0.15, 0.2) is 0 Å². The molecule has 0 spiro atoms. The number of halogens is 4. The molecule has 1 heterocycles. The van der Waals surface area contributed by atoms with Crippen LogP contribution in [0.3, 0.4) is 0 Å². The zero-order valence-corrected chi connectivity index (χ0v) is 15.5. The second-order valence-electron chi connectivity index (χ2n) is 6.06. The molecular formula is C17H21BrF3NO3. The second-order valence-corrected chi connectivity index (χ2v) is 6.62. The monoisotopic (exact) mass is 423 g/mol. The van der Waals surface area contributed by atoms with Crippen LogP contribution in [0.15, 0.2) is 12.1 Å². The summed E-state index contributed by atoms with van der Waals surface area (Å²) in [7, 11) is 0. The van der Waals surface area contributed by atoms with Crippen molar-refractivity contribution >= 4 is 21.9 Å². The minimum atomic E-state index is -4.59. The summed E-state index contributed by atoms with van der Waals surface area (Å²) >= 11 is 2.98. The molecule has 25 heavy (non-hydrogen) atoms. The number of ether oxygens (including phenoxy) is 1. The van der Waals surface area contributed by atoms with E-state index in [4.69, 9.17) is 4.74 Å². The van der Waals surface area contributed by atoms with Gasteiger partial charge in [-0.05, 0) is 36.1 Å². The van der Waals surface area contributed by atoms with E-state index in [1.807, 2.05) is 6.92 Å². The standard InChI is InChI=1S/C17H21BrF3NO3/c1-2-12-10-22(5-6-25-12)4-3-11-7-13(16(23)24)14(9-18)15(8-11)17(19,20)21/h7-8,12H,2-6,9-10H2,1H3,(H,23,24). The van der Waals surface area contributed by atoms with Crippen LogP contribution in [0.4, 0.5) is 13.2 Å². The van der Waals surface area contributed by atoms with Crippen molar-refractivity contribution in [3.05, 3.63) is 34.4 Å². The van der Waals surface area contributed by atoms with Crippen LogP contribution < -0.4 is 0 Å². The first kappa shape index (κ1) is 20.2. The Morgan fingerprint density at radius 1 is 1.44 bits per heavy atom. The fourth-order valence-electron chi connectivity index (χ4n) is 2.98. The van der Waals surface area contributed by atoms with Crippen molar-refractivity contribution in [1.29, 1.82) is 0 Å². The normalized spacial score (nSPS) is 19.2. The number of alkyl halides is 4. The van der Waals surface area contributed by atoms with E-state index in [-0.39, 0.29) is 22.6 Å². The Morgan fingerprint density at radius 2 is 2.16 bits per heavy atom. The van der Waals surface area contributed by atoms with Gasteiger partial charge in [-0.1, -0.05) is 22.9 Å². The molecule has 0 aliphatic carbocycles. The van der Waals surface area contributed by atoms with E-state index in [1.165, 1.54) is 6.07 Å². The first-order chi connectivity index (χ1) is 11.8. The summed E-state index contributed by atoms with van der Waals surface area (Å²) in [5.41, 5.74) is -1.03. The van der Waals surface area contributed by atoms with Crippen molar-refractivity contribution in [2.24, 2.45) is 0 Å². The summed E-state index contributed by atoms with van der Waals surface area (Å²) < 4.78 is 45.5. The highest BCUT2D eigenvalue weighted by Crippen LogP contribution is 2.35. The highest BCUT2D eigenvalue weighted by Gasteiger charge is 2.35. The van der Waals surface area contributed by atoms with Crippen molar-refractivity contribution in [3.8, 4) is 0 Å². The number of carboxylic acids is 1. The lowest BCUT2D eigenvalue weighted by Gasteiger charge is -2.32. The molecule has 1 aromatic rings. The predicted octanol–water partition coefficient (Wildman–Crippen LogP) is 3.95. The summed E-state index contributed by atoms with van der Waals surface area (Å²) in [5, 5.41) is 9.12. The van der Waals surface area contributed by atoms with E-state index in [9.17, 15) is 23.1 Å². The van der Waals surface area contributed by atoms with Crippen LogP contribution >= 0.6 is 15.9 Å². The molecule has 1 N–H and O–H groups in total. The number of hydrogen-bond acceptors (Lipinski definition) is 3. The number of morpholine rings is 1. The van der Waals surface area contributed by atoms with Gasteiger partial charge in [0.05, 0.1) is 23.8 Å². The molecule has 0 amide bonds. The predicted molar refractivity (Wildman–Crippen MR) is 91.2 cm³/mol. The first-order valence-electron chi connectivity index (χ1n) is 8.12. The second kappa shape index (κ2) is 8.51. The fourth-order valence-corrected chi connectivity index (χ4v) is 3.59. The number of hydrogen-bond donors (Lipinski definition) is 1. The average Bonchev–Trinajstić information content (AvgIpc) is 2.58. The van der Waals surface area contributed by atoms with Gasteiger partial charge >= 0.3 is 12.1 Å². The number of nitrogens with zero attached hydrogens (tertiary/aromatic N) is 1. The Hall–Kier alpha value is -1.12. The number of carboxylic acid groups (broad SMARTS) is 1. The molecule has 1 fully saturated rings. The minimum Gasteiger partial charge on any atom is -0.478 e. The fraction of sp³-hybridized carbons (Fsp3) is 0.588. The maximum Gasteiger partial charge on any atom is 0.416 e. The molecule has 0 bridgehead atoms. The lowest BCUT2D eigenvalue weighted by molar-refractivity contribution is -0.138. The van der Waals surface area contributed by atoms with E-state index < -0.39 is 17.7 Å². The summed E-state index contributed by atoms with van der Waals surface area (Å²) in [6.45, 7) is 4.68. The molecule has 1 atom stereocenters. The summed E-state index contributed by atoms with van der Waals surface area (Å²) in [6, 6.07) is 2.42. The van der Waals surface area contributed by atoms with E-state index in [1.54, 1.807) is 0 Å². The third-order valence-corrected chi connectivity index (χ3v) is 4.93. The molecule has 1 aromatic carbocycles. The summed E-state index contributed by atoms with van der Waals surface area (Å²) in [6.07, 6.45) is -3.19. The summed E-state index contributed by atoms with van der Waals surface area (Å²) in [4.78, 5) is 13.5. The lowest BCUT2D eigenvalue weighted by atomic mass is 9.96. The van der Waals surface area contributed by atoms with Crippen LogP contribution in [-0.4, -0.2) is 48.3 Å². The smallest absolute Gasteiger partial charge is 0.416 e. The van der Waals surface area contributed by atoms with Gasteiger partial charge < -0.3 is 9.84 Å². The number of aromatic carboxylic acids is 1. The van der Waals surface area contributed by atoms with Gasteiger partial charge in [0.25, 0.3) is 0 Å². The molecule has 1 aliphatic heterocycles. The molecule has 4 nitrogen and oxygen atoms in total. The Labute approximate surface area is 153 Å². The van der Waals surface area contributed by atoms with Crippen LogP contribution in [0.25, 0.3) is 0 Å². The molecule has 0 radical (unpaired) electrons. The highest BCUT2D eigenvalue weighted by atomic mass is 79.9. The topological polar surface area (TPSA) is 49.8 Å². The van der Waals surface area contributed by atoms with Crippen molar-refractivity contribution in [2.75, 3.05) is 26.2 Å². The zero-order chi connectivity index (χ0) is 18.6. The van der Waals surface area contributed by atoms with Gasteiger partial charge in [0.1, 0.15) is 0 Å². The maximum absolute atomic E-state index is 13.3. The number of rotatable bonds is 6. The van der Waals surface area contributed by atoms with Crippen molar-refractivity contribution in [3.63, 3.8) is 0 Å². The largest absolute Gasteiger partial charge is 0.478 e. The van der Waals surface area contributed by atoms with E-state index in [0.717, 1.165) is 25.6 Å².